The first-order chi connectivity index (χ1) is 10.7. The van der Waals surface area contributed by atoms with Crippen molar-refractivity contribution in [1.82, 2.24) is 0 Å². The molecule has 23 heavy (non-hydrogen) atoms. The zero-order valence-electron chi connectivity index (χ0n) is 11.3. The highest BCUT2D eigenvalue weighted by molar-refractivity contribution is 7.86. The Bertz CT molecular complexity index is 871. The van der Waals surface area contributed by atoms with Gasteiger partial charge in [0.2, 0.25) is 0 Å². The minimum absolute atomic E-state index is 0.0717. The van der Waals surface area contributed by atoms with E-state index in [0.717, 1.165) is 12.1 Å². The third kappa shape index (κ3) is 3.47. The van der Waals surface area contributed by atoms with Crippen LogP contribution in [0.4, 0.5) is 0 Å². The number of hydrogen-bond donors (Lipinski definition) is 3. The summed E-state index contributed by atoms with van der Waals surface area (Å²) < 4.78 is 37.3. The number of hydrogen-bond acceptors (Lipinski definition) is 5. The van der Waals surface area contributed by atoms with Crippen LogP contribution in [0.5, 0.6) is 11.5 Å². The summed E-state index contributed by atoms with van der Waals surface area (Å²) in [5.74, 6) is -3.99. The van der Waals surface area contributed by atoms with E-state index in [1.54, 1.807) is 18.2 Å². The van der Waals surface area contributed by atoms with Crippen molar-refractivity contribution in [1.29, 1.82) is 0 Å². The van der Waals surface area contributed by atoms with E-state index in [-0.39, 0.29) is 5.75 Å². The monoisotopic (exact) mass is 338 g/mol. The lowest BCUT2D eigenvalue weighted by molar-refractivity contribution is 0.0648. The van der Waals surface area contributed by atoms with Gasteiger partial charge in [0, 0.05) is 0 Å². The zero-order chi connectivity index (χ0) is 17.2. The maximum absolute atomic E-state index is 11.4. The lowest BCUT2D eigenvalue weighted by Crippen LogP contribution is -2.13. The Morgan fingerprint density at radius 2 is 1.52 bits per heavy atom. The van der Waals surface area contributed by atoms with Gasteiger partial charge in [-0.2, -0.15) is 8.42 Å². The predicted octanol–water partition coefficient (Wildman–Crippen LogP) is 2.12. The van der Waals surface area contributed by atoms with E-state index < -0.39 is 43.8 Å². The van der Waals surface area contributed by atoms with E-state index in [0.29, 0.717) is 0 Å². The fourth-order valence-corrected chi connectivity index (χ4v) is 2.48. The molecule has 0 unspecified atom stereocenters. The van der Waals surface area contributed by atoms with Gasteiger partial charge in [0.15, 0.2) is 5.75 Å². The SMILES string of the molecule is O=C(O)c1ccc(S(=O)(=O)O)c(Oc2ccccc2)c1C(=O)O. The topological polar surface area (TPSA) is 138 Å². The Labute approximate surface area is 130 Å². The summed E-state index contributed by atoms with van der Waals surface area (Å²) in [5.41, 5.74) is -1.55. The molecule has 0 saturated carbocycles. The summed E-state index contributed by atoms with van der Waals surface area (Å²) in [6, 6.07) is 9.09. The molecule has 0 amide bonds. The van der Waals surface area contributed by atoms with Crippen LogP contribution in [0.15, 0.2) is 47.4 Å². The van der Waals surface area contributed by atoms with Crippen molar-refractivity contribution in [2.24, 2.45) is 0 Å². The summed E-state index contributed by atoms with van der Waals surface area (Å²) in [7, 11) is -4.83. The summed E-state index contributed by atoms with van der Waals surface area (Å²) in [4.78, 5) is 21.7. The molecule has 0 aliphatic rings. The molecule has 0 heterocycles. The molecule has 2 rings (SSSR count). The minimum Gasteiger partial charge on any atom is -0.478 e. The molecule has 0 fully saturated rings. The standard InChI is InChI=1S/C14H10O8S/c15-13(16)9-6-7-10(23(19,20)21)12(11(9)14(17)18)22-8-4-2-1-3-5-8/h1-7H,(H,15,16)(H,17,18)(H,19,20,21). The molecule has 0 spiro atoms. The molecule has 0 aliphatic heterocycles. The van der Waals surface area contributed by atoms with Crippen molar-refractivity contribution >= 4 is 22.1 Å². The van der Waals surface area contributed by atoms with E-state index >= 15 is 0 Å². The fraction of sp³-hybridized carbons (Fsp3) is 0. The maximum Gasteiger partial charge on any atom is 0.340 e. The van der Waals surface area contributed by atoms with E-state index in [1.165, 1.54) is 12.1 Å². The minimum atomic E-state index is -4.83. The second-order valence-electron chi connectivity index (χ2n) is 4.32. The molecule has 120 valence electrons. The Morgan fingerprint density at radius 1 is 0.913 bits per heavy atom. The van der Waals surface area contributed by atoms with Crippen LogP contribution in [-0.2, 0) is 10.1 Å². The molecule has 2 aromatic rings. The van der Waals surface area contributed by atoms with Gasteiger partial charge in [-0.1, -0.05) is 18.2 Å². The largest absolute Gasteiger partial charge is 0.478 e. The summed E-state index contributed by atoms with van der Waals surface area (Å²) in [5, 5.41) is 18.3. The highest BCUT2D eigenvalue weighted by Crippen LogP contribution is 2.34. The Morgan fingerprint density at radius 3 is 2.00 bits per heavy atom. The van der Waals surface area contributed by atoms with E-state index in [2.05, 4.69) is 0 Å². The first-order valence-corrected chi connectivity index (χ1v) is 7.50. The van der Waals surface area contributed by atoms with Crippen molar-refractivity contribution < 1.29 is 37.5 Å². The molecule has 0 aromatic heterocycles. The first-order valence-electron chi connectivity index (χ1n) is 6.06. The van der Waals surface area contributed by atoms with Crippen LogP contribution in [0, 0.1) is 0 Å². The molecule has 0 atom stereocenters. The average molecular weight is 338 g/mol. The van der Waals surface area contributed by atoms with Crippen LogP contribution in [-0.4, -0.2) is 35.1 Å². The molecule has 3 N–H and O–H groups in total. The van der Waals surface area contributed by atoms with E-state index in [4.69, 9.17) is 9.84 Å². The van der Waals surface area contributed by atoms with Crippen LogP contribution in [0.3, 0.4) is 0 Å². The Kier molecular flexibility index (Phi) is 4.34. The van der Waals surface area contributed by atoms with Crippen LogP contribution in [0.1, 0.15) is 20.7 Å². The van der Waals surface area contributed by atoms with Gasteiger partial charge in [-0.25, -0.2) is 9.59 Å². The molecule has 0 radical (unpaired) electrons. The van der Waals surface area contributed by atoms with Gasteiger partial charge in [0.05, 0.1) is 5.56 Å². The van der Waals surface area contributed by atoms with Crippen molar-refractivity contribution in [3.05, 3.63) is 53.6 Å². The summed E-state index contributed by atoms with van der Waals surface area (Å²) in [6.45, 7) is 0. The van der Waals surface area contributed by atoms with Gasteiger partial charge in [0.1, 0.15) is 16.2 Å². The molecule has 0 bridgehead atoms. The van der Waals surface area contributed by atoms with Crippen LogP contribution >= 0.6 is 0 Å². The maximum atomic E-state index is 11.4. The normalized spacial score (nSPS) is 11.0. The van der Waals surface area contributed by atoms with Crippen molar-refractivity contribution in [2.75, 3.05) is 0 Å². The number of carboxylic acids is 2. The zero-order valence-corrected chi connectivity index (χ0v) is 12.1. The number of rotatable bonds is 5. The third-order valence-electron chi connectivity index (χ3n) is 2.81. The second-order valence-corrected chi connectivity index (χ2v) is 5.71. The number of ether oxygens (including phenoxy) is 1. The lowest BCUT2D eigenvalue weighted by atomic mass is 10.1. The third-order valence-corrected chi connectivity index (χ3v) is 3.68. The molecular weight excluding hydrogens is 328 g/mol. The van der Waals surface area contributed by atoms with Gasteiger partial charge in [0.25, 0.3) is 10.1 Å². The number of benzene rings is 2. The van der Waals surface area contributed by atoms with Gasteiger partial charge < -0.3 is 14.9 Å². The molecule has 0 saturated heterocycles. The Hall–Kier alpha value is -2.91. The highest BCUT2D eigenvalue weighted by Gasteiger charge is 2.29. The number of para-hydroxylation sites is 1. The van der Waals surface area contributed by atoms with Crippen LogP contribution in [0.25, 0.3) is 0 Å². The smallest absolute Gasteiger partial charge is 0.340 e. The molecule has 0 aliphatic carbocycles. The first kappa shape index (κ1) is 16.5. The predicted molar refractivity (Wildman–Crippen MR) is 76.7 cm³/mol. The Balaban J connectivity index is 2.79. The van der Waals surface area contributed by atoms with E-state index in [9.17, 15) is 27.7 Å². The highest BCUT2D eigenvalue weighted by atomic mass is 32.2. The van der Waals surface area contributed by atoms with E-state index in [1.807, 2.05) is 0 Å². The number of aromatic carboxylic acids is 2. The van der Waals surface area contributed by atoms with Crippen molar-refractivity contribution in [2.45, 2.75) is 4.90 Å². The van der Waals surface area contributed by atoms with Gasteiger partial charge in [-0.15, -0.1) is 0 Å². The van der Waals surface area contributed by atoms with Gasteiger partial charge >= 0.3 is 11.9 Å². The molecule has 2 aromatic carbocycles. The quantitative estimate of drug-likeness (QED) is 0.705. The van der Waals surface area contributed by atoms with Crippen molar-refractivity contribution in [3.8, 4) is 11.5 Å². The van der Waals surface area contributed by atoms with Gasteiger partial charge in [-0.3, -0.25) is 4.55 Å². The number of carboxylic acid groups (broad SMARTS) is 2. The molecule has 9 heteroatoms. The molecular formula is C14H10O8S. The summed E-state index contributed by atoms with van der Waals surface area (Å²) in [6.07, 6.45) is 0. The summed E-state index contributed by atoms with van der Waals surface area (Å²) >= 11 is 0. The second kappa shape index (κ2) is 6.07. The van der Waals surface area contributed by atoms with Crippen molar-refractivity contribution in [3.63, 3.8) is 0 Å². The van der Waals surface area contributed by atoms with Gasteiger partial charge in [-0.05, 0) is 24.3 Å². The lowest BCUT2D eigenvalue weighted by Gasteiger charge is -2.14. The van der Waals surface area contributed by atoms with Crippen LogP contribution in [0.2, 0.25) is 0 Å². The fourth-order valence-electron chi connectivity index (χ4n) is 1.86. The average Bonchev–Trinajstić information content (AvgIpc) is 2.46. The number of carbonyl (C=O) groups is 2. The molecule has 8 nitrogen and oxygen atoms in total. The van der Waals surface area contributed by atoms with Crippen LogP contribution < -0.4 is 4.74 Å².